The fourth-order valence-corrected chi connectivity index (χ4v) is 3.51. The summed E-state index contributed by atoms with van der Waals surface area (Å²) in [6.07, 6.45) is 3.97. The Labute approximate surface area is 112 Å². The van der Waals surface area contributed by atoms with Crippen LogP contribution in [0.5, 0.6) is 0 Å². The third-order valence-corrected chi connectivity index (χ3v) is 5.11. The van der Waals surface area contributed by atoms with Gasteiger partial charge in [-0.3, -0.25) is 4.90 Å². The Kier molecular flexibility index (Phi) is 4.64. The molecule has 0 amide bonds. The lowest BCUT2D eigenvalue weighted by Crippen LogP contribution is -2.55. The fourth-order valence-electron chi connectivity index (χ4n) is 3.51. The minimum Gasteiger partial charge on any atom is -0.329 e. The molecule has 0 aromatic rings. The van der Waals surface area contributed by atoms with Crippen molar-refractivity contribution >= 4 is 0 Å². The molecule has 2 rings (SSSR count). The van der Waals surface area contributed by atoms with Gasteiger partial charge in [-0.1, -0.05) is 0 Å². The molecule has 4 nitrogen and oxygen atoms in total. The Hall–Kier alpha value is -0.160. The van der Waals surface area contributed by atoms with Crippen LogP contribution < -0.4 is 5.73 Å². The largest absolute Gasteiger partial charge is 0.329 e. The minimum atomic E-state index is 0.202. The lowest BCUT2D eigenvalue weighted by molar-refractivity contribution is 0.119. The van der Waals surface area contributed by atoms with Crippen molar-refractivity contribution in [1.29, 1.82) is 0 Å². The zero-order valence-corrected chi connectivity index (χ0v) is 12.4. The highest BCUT2D eigenvalue weighted by Crippen LogP contribution is 2.29. The molecular weight excluding hydrogens is 224 g/mol. The lowest BCUT2D eigenvalue weighted by atomic mass is 9.94. The smallest absolute Gasteiger partial charge is 0.0470 e. The minimum absolute atomic E-state index is 0.202. The van der Waals surface area contributed by atoms with Crippen LogP contribution in [-0.4, -0.2) is 79.6 Å². The van der Waals surface area contributed by atoms with Crippen molar-refractivity contribution in [2.24, 2.45) is 5.73 Å². The fraction of sp³-hybridized carbons (Fsp3) is 1.00. The standard InChI is InChI=1S/C14H30N4/c1-13-10-14(11-15,12-16(13)2)17(3)8-9-18-6-4-5-7-18/h13H,4-12,15H2,1-3H3. The first-order valence-electron chi connectivity index (χ1n) is 7.41. The van der Waals surface area contributed by atoms with Crippen molar-refractivity contribution in [2.45, 2.75) is 37.8 Å². The summed E-state index contributed by atoms with van der Waals surface area (Å²) in [6.45, 7) is 9.14. The number of hydrogen-bond acceptors (Lipinski definition) is 4. The Bertz CT molecular complexity index is 253. The van der Waals surface area contributed by atoms with Crippen LogP contribution in [0.3, 0.4) is 0 Å². The summed E-state index contributed by atoms with van der Waals surface area (Å²) in [4.78, 5) is 7.55. The predicted octanol–water partition coefficient (Wildman–Crippen LogP) is 0.436. The summed E-state index contributed by atoms with van der Waals surface area (Å²) < 4.78 is 0. The topological polar surface area (TPSA) is 35.7 Å². The van der Waals surface area contributed by atoms with E-state index in [1.807, 2.05) is 0 Å². The number of nitrogens with zero attached hydrogens (tertiary/aromatic N) is 3. The van der Waals surface area contributed by atoms with Crippen molar-refractivity contribution in [3.8, 4) is 0 Å². The van der Waals surface area contributed by atoms with Gasteiger partial charge in [0.25, 0.3) is 0 Å². The van der Waals surface area contributed by atoms with E-state index in [9.17, 15) is 0 Å². The number of nitrogens with two attached hydrogens (primary N) is 1. The van der Waals surface area contributed by atoms with E-state index >= 15 is 0 Å². The highest BCUT2D eigenvalue weighted by atomic mass is 15.3. The molecule has 0 aliphatic carbocycles. The quantitative estimate of drug-likeness (QED) is 0.772. The van der Waals surface area contributed by atoms with Crippen LogP contribution in [0.1, 0.15) is 26.2 Å². The van der Waals surface area contributed by atoms with Crippen molar-refractivity contribution in [1.82, 2.24) is 14.7 Å². The van der Waals surface area contributed by atoms with Gasteiger partial charge in [-0.15, -0.1) is 0 Å². The van der Waals surface area contributed by atoms with Gasteiger partial charge in [0.15, 0.2) is 0 Å². The molecule has 2 heterocycles. The SMILES string of the molecule is CC1CC(CN)(N(C)CCN2CCCC2)CN1C. The van der Waals surface area contributed by atoms with Gasteiger partial charge in [-0.2, -0.15) is 0 Å². The van der Waals surface area contributed by atoms with Crippen LogP contribution in [0.4, 0.5) is 0 Å². The summed E-state index contributed by atoms with van der Waals surface area (Å²) in [5.41, 5.74) is 6.30. The van der Waals surface area contributed by atoms with Gasteiger partial charge in [0.2, 0.25) is 0 Å². The van der Waals surface area contributed by atoms with E-state index in [2.05, 4.69) is 35.7 Å². The molecule has 18 heavy (non-hydrogen) atoms. The predicted molar refractivity (Wildman–Crippen MR) is 76.8 cm³/mol. The first-order valence-corrected chi connectivity index (χ1v) is 7.41. The van der Waals surface area contributed by atoms with Crippen molar-refractivity contribution < 1.29 is 0 Å². The molecule has 0 spiro atoms. The van der Waals surface area contributed by atoms with Gasteiger partial charge >= 0.3 is 0 Å². The molecule has 0 aromatic heterocycles. The first kappa shape index (κ1) is 14.3. The van der Waals surface area contributed by atoms with Crippen LogP contribution in [0, 0.1) is 0 Å². The van der Waals surface area contributed by atoms with E-state index in [1.54, 1.807) is 0 Å². The highest BCUT2D eigenvalue weighted by Gasteiger charge is 2.42. The van der Waals surface area contributed by atoms with E-state index in [0.29, 0.717) is 6.04 Å². The van der Waals surface area contributed by atoms with E-state index in [1.165, 1.54) is 38.9 Å². The molecule has 2 aliphatic rings. The van der Waals surface area contributed by atoms with Crippen molar-refractivity contribution in [3.63, 3.8) is 0 Å². The van der Waals surface area contributed by atoms with Crippen LogP contribution in [0.15, 0.2) is 0 Å². The van der Waals surface area contributed by atoms with Gasteiger partial charge in [-0.25, -0.2) is 0 Å². The second-order valence-corrected chi connectivity index (χ2v) is 6.37. The van der Waals surface area contributed by atoms with Gasteiger partial charge in [-0.05, 0) is 53.4 Å². The molecule has 106 valence electrons. The Morgan fingerprint density at radius 2 is 2.00 bits per heavy atom. The van der Waals surface area contributed by atoms with Gasteiger partial charge in [0.05, 0.1) is 0 Å². The van der Waals surface area contributed by atoms with E-state index < -0.39 is 0 Å². The maximum absolute atomic E-state index is 6.10. The maximum atomic E-state index is 6.10. The third kappa shape index (κ3) is 2.87. The van der Waals surface area contributed by atoms with E-state index in [-0.39, 0.29) is 5.54 Å². The third-order valence-electron chi connectivity index (χ3n) is 5.11. The van der Waals surface area contributed by atoms with Crippen molar-refractivity contribution in [3.05, 3.63) is 0 Å². The lowest BCUT2D eigenvalue weighted by Gasteiger charge is -2.38. The zero-order chi connectivity index (χ0) is 13.2. The Balaban J connectivity index is 1.87. The molecule has 2 saturated heterocycles. The molecular formula is C14H30N4. The number of rotatable bonds is 5. The molecule has 0 bridgehead atoms. The summed E-state index contributed by atoms with van der Waals surface area (Å²) in [7, 11) is 4.48. The molecule has 2 unspecified atom stereocenters. The van der Waals surface area contributed by atoms with Crippen molar-refractivity contribution in [2.75, 3.05) is 53.4 Å². The second kappa shape index (κ2) is 5.87. The highest BCUT2D eigenvalue weighted by molar-refractivity contribution is 5.01. The van der Waals surface area contributed by atoms with Crippen LogP contribution in [-0.2, 0) is 0 Å². The number of likely N-dealkylation sites (tertiary alicyclic amines) is 2. The molecule has 2 fully saturated rings. The summed E-state index contributed by atoms with van der Waals surface area (Å²) >= 11 is 0. The molecule has 0 radical (unpaired) electrons. The monoisotopic (exact) mass is 254 g/mol. The Morgan fingerprint density at radius 3 is 2.50 bits per heavy atom. The van der Waals surface area contributed by atoms with Crippen LogP contribution >= 0.6 is 0 Å². The zero-order valence-electron chi connectivity index (χ0n) is 12.4. The first-order chi connectivity index (χ1) is 8.57. The normalized spacial score (nSPS) is 34.8. The average molecular weight is 254 g/mol. The molecule has 4 heteroatoms. The molecule has 2 atom stereocenters. The second-order valence-electron chi connectivity index (χ2n) is 6.37. The molecule has 2 N–H and O–H groups in total. The van der Waals surface area contributed by atoms with Gasteiger partial charge in [0.1, 0.15) is 0 Å². The van der Waals surface area contributed by atoms with Crippen LogP contribution in [0.25, 0.3) is 0 Å². The maximum Gasteiger partial charge on any atom is 0.0470 e. The molecule has 2 aliphatic heterocycles. The van der Waals surface area contributed by atoms with E-state index in [4.69, 9.17) is 5.73 Å². The summed E-state index contributed by atoms with van der Waals surface area (Å²) in [6, 6.07) is 0.655. The van der Waals surface area contributed by atoms with Gasteiger partial charge < -0.3 is 15.5 Å². The number of likely N-dealkylation sites (N-methyl/N-ethyl adjacent to an activating group) is 2. The summed E-state index contributed by atoms with van der Waals surface area (Å²) in [5, 5.41) is 0. The van der Waals surface area contributed by atoms with Crippen LogP contribution in [0.2, 0.25) is 0 Å². The average Bonchev–Trinajstić information content (AvgIpc) is 2.96. The number of hydrogen-bond donors (Lipinski definition) is 1. The van der Waals surface area contributed by atoms with E-state index in [0.717, 1.165) is 19.6 Å². The molecule has 0 aromatic carbocycles. The van der Waals surface area contributed by atoms with Gasteiger partial charge in [0, 0.05) is 37.8 Å². The molecule has 0 saturated carbocycles. The summed E-state index contributed by atoms with van der Waals surface area (Å²) in [5.74, 6) is 0. The Morgan fingerprint density at radius 1 is 1.33 bits per heavy atom.